The van der Waals surface area contributed by atoms with Gasteiger partial charge in [-0.2, -0.15) is 0 Å². The summed E-state index contributed by atoms with van der Waals surface area (Å²) in [4.78, 5) is 27.0. The molecule has 0 aliphatic heterocycles. The molecule has 0 fully saturated rings. The van der Waals surface area contributed by atoms with Gasteiger partial charge in [-0.05, 0) is 79.4 Å². The summed E-state index contributed by atoms with van der Waals surface area (Å²) in [5, 5.41) is 14.0. The molecular formula is C35H44N2O5Si. The predicted octanol–water partition coefficient (Wildman–Crippen LogP) is 7.48. The fraction of sp³-hybridized carbons (Fsp3) is 0.371. The third-order valence-electron chi connectivity index (χ3n) is 8.30. The van der Waals surface area contributed by atoms with Gasteiger partial charge in [-0.15, -0.1) is 0 Å². The number of hydrogen-bond acceptors (Lipinski definition) is 5. The Morgan fingerprint density at radius 3 is 2.30 bits per heavy atom. The van der Waals surface area contributed by atoms with Crippen molar-refractivity contribution in [2.45, 2.75) is 77.4 Å². The lowest BCUT2D eigenvalue weighted by Crippen LogP contribution is -2.47. The molecule has 7 nitrogen and oxygen atoms in total. The fourth-order valence-electron chi connectivity index (χ4n) is 4.89. The molecule has 0 radical (unpaired) electrons. The molecule has 3 aromatic carbocycles. The Bertz CT molecular complexity index is 1620. The van der Waals surface area contributed by atoms with Gasteiger partial charge in [0.25, 0.3) is 0 Å². The van der Waals surface area contributed by atoms with Crippen LogP contribution in [0, 0.1) is 0 Å². The predicted molar refractivity (Wildman–Crippen MR) is 176 cm³/mol. The number of aromatic nitrogens is 1. The van der Waals surface area contributed by atoms with Gasteiger partial charge in [0.2, 0.25) is 5.56 Å². The van der Waals surface area contributed by atoms with Crippen molar-refractivity contribution in [3.05, 3.63) is 111 Å². The van der Waals surface area contributed by atoms with E-state index in [-0.39, 0.29) is 27.8 Å². The summed E-state index contributed by atoms with van der Waals surface area (Å²) >= 11 is 0. The smallest absolute Gasteiger partial charge is 0.335 e. The number of fused-ring (bicyclic) bond motifs is 1. The van der Waals surface area contributed by atoms with E-state index in [9.17, 15) is 14.7 Å². The van der Waals surface area contributed by atoms with Gasteiger partial charge < -0.3 is 24.6 Å². The number of hydrogen-bond donors (Lipinski definition) is 3. The zero-order valence-electron chi connectivity index (χ0n) is 26.3. The van der Waals surface area contributed by atoms with Crippen LogP contribution in [0.3, 0.4) is 0 Å². The van der Waals surface area contributed by atoms with Crippen LogP contribution in [0.2, 0.25) is 18.1 Å². The standard InChI is InChI=1S/C35H44N2O5Si/c1-34(2,3)43(6,7)42-30(22-36-35(4,5)21-25-14-11-15-26(20-25)33(39)40)27-16-18-29(32-28(27)17-19-31(38)37-32)41-23-24-12-9-8-10-13-24/h8-20,30,36H,21-23H2,1-7H3,(H,37,38)(H,39,40). The minimum Gasteiger partial charge on any atom is -0.487 e. The molecular weight excluding hydrogens is 556 g/mol. The van der Waals surface area contributed by atoms with Crippen molar-refractivity contribution in [3.63, 3.8) is 0 Å². The van der Waals surface area contributed by atoms with Crippen LogP contribution in [0.5, 0.6) is 5.75 Å². The number of pyridine rings is 1. The van der Waals surface area contributed by atoms with Gasteiger partial charge in [-0.25, -0.2) is 4.79 Å². The number of rotatable bonds is 12. The summed E-state index contributed by atoms with van der Waals surface area (Å²) < 4.78 is 13.3. The highest BCUT2D eigenvalue weighted by molar-refractivity contribution is 6.74. The number of carboxylic acid groups (broad SMARTS) is 1. The summed E-state index contributed by atoms with van der Waals surface area (Å²) in [5.74, 6) is -0.324. The summed E-state index contributed by atoms with van der Waals surface area (Å²) in [6.07, 6.45) is 0.337. The van der Waals surface area contributed by atoms with E-state index in [0.717, 1.165) is 22.1 Å². The number of aromatic carboxylic acids is 1. The first-order chi connectivity index (χ1) is 20.1. The highest BCUT2D eigenvalue weighted by Crippen LogP contribution is 2.41. The Morgan fingerprint density at radius 2 is 1.63 bits per heavy atom. The van der Waals surface area contributed by atoms with Crippen LogP contribution in [-0.4, -0.2) is 36.5 Å². The molecule has 0 saturated heterocycles. The zero-order valence-corrected chi connectivity index (χ0v) is 27.3. The topological polar surface area (TPSA) is 101 Å². The van der Waals surface area contributed by atoms with Gasteiger partial charge in [-0.1, -0.05) is 69.3 Å². The van der Waals surface area contributed by atoms with Crippen molar-refractivity contribution in [2.75, 3.05) is 6.54 Å². The molecule has 1 heterocycles. The third kappa shape index (κ3) is 8.22. The van der Waals surface area contributed by atoms with E-state index < -0.39 is 14.3 Å². The first-order valence-electron chi connectivity index (χ1n) is 14.7. The molecule has 1 aromatic heterocycles. The van der Waals surface area contributed by atoms with Gasteiger partial charge in [-0.3, -0.25) is 4.79 Å². The molecule has 8 heteroatoms. The lowest BCUT2D eigenvalue weighted by molar-refractivity contribution is 0.0696. The van der Waals surface area contributed by atoms with E-state index >= 15 is 0 Å². The van der Waals surface area contributed by atoms with Crippen molar-refractivity contribution in [1.29, 1.82) is 0 Å². The van der Waals surface area contributed by atoms with Gasteiger partial charge in [0.1, 0.15) is 12.4 Å². The fourth-order valence-corrected chi connectivity index (χ4v) is 6.16. The molecule has 0 aliphatic rings. The molecule has 4 aromatic rings. The van der Waals surface area contributed by atoms with Gasteiger partial charge in [0, 0.05) is 23.5 Å². The van der Waals surface area contributed by atoms with Crippen molar-refractivity contribution < 1.29 is 19.1 Å². The lowest BCUT2D eigenvalue weighted by Gasteiger charge is -2.40. The number of aromatic amines is 1. The second kappa shape index (κ2) is 12.9. The Labute approximate surface area is 255 Å². The molecule has 4 rings (SSSR count). The summed E-state index contributed by atoms with van der Waals surface area (Å²) in [7, 11) is -2.22. The maximum Gasteiger partial charge on any atom is 0.335 e. The van der Waals surface area contributed by atoms with Gasteiger partial charge in [0.05, 0.1) is 17.2 Å². The van der Waals surface area contributed by atoms with Crippen molar-refractivity contribution >= 4 is 25.2 Å². The minimum atomic E-state index is -2.22. The second-order valence-corrected chi connectivity index (χ2v) is 18.1. The lowest BCUT2D eigenvalue weighted by atomic mass is 9.93. The number of nitrogens with one attached hydrogen (secondary N) is 2. The van der Waals surface area contributed by atoms with Crippen LogP contribution in [-0.2, 0) is 17.5 Å². The van der Waals surface area contributed by atoms with E-state index in [1.807, 2.05) is 54.6 Å². The first-order valence-corrected chi connectivity index (χ1v) is 17.6. The minimum absolute atomic E-state index is 0.0130. The van der Waals surface area contributed by atoms with Crippen LogP contribution in [0.4, 0.5) is 0 Å². The summed E-state index contributed by atoms with van der Waals surface area (Å²) in [6.45, 7) is 16.3. The molecule has 0 saturated carbocycles. The molecule has 0 amide bonds. The van der Waals surface area contributed by atoms with Crippen molar-refractivity contribution in [3.8, 4) is 5.75 Å². The van der Waals surface area contributed by atoms with Crippen LogP contribution >= 0.6 is 0 Å². The Kier molecular flexibility index (Phi) is 9.64. The first kappa shape index (κ1) is 32.2. The molecule has 0 aliphatic carbocycles. The molecule has 1 unspecified atom stereocenters. The number of H-pyrrole nitrogens is 1. The zero-order chi connectivity index (χ0) is 31.4. The summed E-state index contributed by atoms with van der Waals surface area (Å²) in [5.41, 5.74) is 3.34. The number of ether oxygens (including phenoxy) is 1. The van der Waals surface area contributed by atoms with E-state index in [2.05, 4.69) is 58.0 Å². The van der Waals surface area contributed by atoms with Crippen LogP contribution in [0.25, 0.3) is 10.9 Å². The molecule has 3 N–H and O–H groups in total. The highest BCUT2D eigenvalue weighted by atomic mass is 28.4. The SMILES string of the molecule is CC(C)(Cc1cccc(C(=O)O)c1)NCC(O[Si](C)(C)C(C)(C)C)c1ccc(OCc2ccccc2)c2[nH]c(=O)ccc12. The Balaban J connectivity index is 1.67. The van der Waals surface area contributed by atoms with Gasteiger partial charge in [0.15, 0.2) is 8.32 Å². The second-order valence-electron chi connectivity index (χ2n) is 13.4. The van der Waals surface area contributed by atoms with E-state index in [4.69, 9.17) is 9.16 Å². The molecule has 0 spiro atoms. The summed E-state index contributed by atoms with van der Waals surface area (Å²) in [6, 6.07) is 24.4. The quantitative estimate of drug-likeness (QED) is 0.146. The largest absolute Gasteiger partial charge is 0.487 e. The van der Waals surface area contributed by atoms with Crippen LogP contribution in [0.15, 0.2) is 83.7 Å². The average molecular weight is 601 g/mol. The van der Waals surface area contributed by atoms with Crippen LogP contribution < -0.4 is 15.6 Å². The maximum absolute atomic E-state index is 12.5. The normalized spacial score (nSPS) is 13.2. The Hall–Kier alpha value is -3.72. The maximum atomic E-state index is 12.5. The Morgan fingerprint density at radius 1 is 0.930 bits per heavy atom. The highest BCUT2D eigenvalue weighted by Gasteiger charge is 2.40. The molecule has 1 atom stereocenters. The molecule has 228 valence electrons. The monoisotopic (exact) mass is 600 g/mol. The molecule has 43 heavy (non-hydrogen) atoms. The van der Waals surface area contributed by atoms with Crippen LogP contribution in [0.1, 0.15) is 67.8 Å². The van der Waals surface area contributed by atoms with E-state index in [1.165, 1.54) is 0 Å². The third-order valence-corrected chi connectivity index (χ3v) is 12.8. The van der Waals surface area contributed by atoms with Crippen molar-refractivity contribution in [2.24, 2.45) is 0 Å². The van der Waals surface area contributed by atoms with E-state index in [0.29, 0.717) is 30.8 Å². The van der Waals surface area contributed by atoms with Gasteiger partial charge >= 0.3 is 5.97 Å². The number of benzene rings is 3. The number of carboxylic acids is 1. The molecule has 0 bridgehead atoms. The van der Waals surface area contributed by atoms with E-state index in [1.54, 1.807) is 24.3 Å². The average Bonchev–Trinajstić information content (AvgIpc) is 2.94. The van der Waals surface area contributed by atoms with Crippen molar-refractivity contribution in [1.82, 2.24) is 10.3 Å². The number of carbonyl (C=O) groups is 1.